The highest BCUT2D eigenvalue weighted by atomic mass is 15.2. The standard InChI is InChI=1S/C13H22N2/c1-5-7-13(6-2)10-15-9-11(3)14-8-12(15)4/h5-7,11-12,14H,1-2,8-10H2,3-4H3/b13-7+/t11?,12-/m0/s1. The van der Waals surface area contributed by atoms with E-state index < -0.39 is 0 Å². The van der Waals surface area contributed by atoms with Crippen molar-refractivity contribution in [2.45, 2.75) is 25.9 Å². The maximum atomic E-state index is 3.83. The van der Waals surface area contributed by atoms with Gasteiger partial charge in [0.15, 0.2) is 0 Å². The largest absolute Gasteiger partial charge is 0.311 e. The van der Waals surface area contributed by atoms with E-state index in [1.807, 2.05) is 18.2 Å². The average molecular weight is 206 g/mol. The highest BCUT2D eigenvalue weighted by molar-refractivity contribution is 5.22. The predicted molar refractivity (Wildman–Crippen MR) is 67.0 cm³/mol. The Hall–Kier alpha value is -0.860. The number of nitrogens with one attached hydrogen (secondary N) is 1. The van der Waals surface area contributed by atoms with Crippen LogP contribution in [0, 0.1) is 0 Å². The molecule has 1 N–H and O–H groups in total. The quantitative estimate of drug-likeness (QED) is 0.707. The van der Waals surface area contributed by atoms with Crippen LogP contribution in [-0.4, -0.2) is 36.6 Å². The van der Waals surface area contributed by atoms with Crippen LogP contribution in [0.1, 0.15) is 13.8 Å². The smallest absolute Gasteiger partial charge is 0.0237 e. The summed E-state index contributed by atoms with van der Waals surface area (Å²) in [6.07, 6.45) is 5.78. The molecule has 2 atom stereocenters. The van der Waals surface area contributed by atoms with Gasteiger partial charge in [0.05, 0.1) is 0 Å². The summed E-state index contributed by atoms with van der Waals surface area (Å²) in [7, 11) is 0. The summed E-state index contributed by atoms with van der Waals surface area (Å²) in [6.45, 7) is 15.2. The first-order valence-electron chi connectivity index (χ1n) is 5.58. The fourth-order valence-electron chi connectivity index (χ4n) is 1.89. The van der Waals surface area contributed by atoms with Gasteiger partial charge in [-0.25, -0.2) is 0 Å². The number of allylic oxidation sites excluding steroid dienone is 2. The molecule has 0 radical (unpaired) electrons. The van der Waals surface area contributed by atoms with Gasteiger partial charge in [0, 0.05) is 31.7 Å². The summed E-state index contributed by atoms with van der Waals surface area (Å²) in [6, 6.07) is 1.17. The van der Waals surface area contributed by atoms with Crippen molar-refractivity contribution in [1.82, 2.24) is 10.2 Å². The van der Waals surface area contributed by atoms with Crippen LogP contribution in [0.25, 0.3) is 0 Å². The van der Waals surface area contributed by atoms with Crippen molar-refractivity contribution in [2.75, 3.05) is 19.6 Å². The van der Waals surface area contributed by atoms with Crippen molar-refractivity contribution in [2.24, 2.45) is 0 Å². The van der Waals surface area contributed by atoms with E-state index in [4.69, 9.17) is 0 Å². The maximum absolute atomic E-state index is 3.83. The van der Waals surface area contributed by atoms with Gasteiger partial charge in [0.2, 0.25) is 0 Å². The van der Waals surface area contributed by atoms with Gasteiger partial charge in [0.1, 0.15) is 0 Å². The Morgan fingerprint density at radius 2 is 2.20 bits per heavy atom. The van der Waals surface area contributed by atoms with Crippen LogP contribution in [0.4, 0.5) is 0 Å². The number of hydrogen-bond donors (Lipinski definition) is 1. The average Bonchev–Trinajstić information content (AvgIpc) is 2.22. The molecule has 2 nitrogen and oxygen atoms in total. The Morgan fingerprint density at radius 1 is 1.47 bits per heavy atom. The minimum atomic E-state index is 0.580. The molecular formula is C13H22N2. The molecule has 1 rings (SSSR count). The summed E-state index contributed by atoms with van der Waals surface area (Å²) >= 11 is 0. The zero-order chi connectivity index (χ0) is 11.3. The maximum Gasteiger partial charge on any atom is 0.0237 e. The lowest BCUT2D eigenvalue weighted by atomic mass is 10.1. The number of hydrogen-bond acceptors (Lipinski definition) is 2. The van der Waals surface area contributed by atoms with Gasteiger partial charge < -0.3 is 5.32 Å². The first kappa shape index (κ1) is 12.2. The second kappa shape index (κ2) is 5.89. The van der Waals surface area contributed by atoms with E-state index in [1.54, 1.807) is 0 Å². The fourth-order valence-corrected chi connectivity index (χ4v) is 1.89. The molecule has 0 aromatic heterocycles. The number of nitrogens with zero attached hydrogens (tertiary/aromatic N) is 1. The molecule has 0 aromatic carbocycles. The third kappa shape index (κ3) is 3.65. The van der Waals surface area contributed by atoms with E-state index in [9.17, 15) is 0 Å². The minimum Gasteiger partial charge on any atom is -0.311 e. The van der Waals surface area contributed by atoms with Crippen molar-refractivity contribution in [3.8, 4) is 0 Å². The normalized spacial score (nSPS) is 28.8. The molecule has 1 unspecified atom stereocenters. The second-order valence-corrected chi connectivity index (χ2v) is 4.27. The van der Waals surface area contributed by atoms with E-state index >= 15 is 0 Å². The first-order chi connectivity index (χ1) is 7.17. The van der Waals surface area contributed by atoms with Gasteiger partial charge >= 0.3 is 0 Å². The van der Waals surface area contributed by atoms with E-state index in [2.05, 4.69) is 37.2 Å². The van der Waals surface area contributed by atoms with Crippen LogP contribution in [0.3, 0.4) is 0 Å². The third-order valence-electron chi connectivity index (χ3n) is 2.87. The molecule has 0 saturated carbocycles. The third-order valence-corrected chi connectivity index (χ3v) is 2.87. The molecule has 1 saturated heterocycles. The van der Waals surface area contributed by atoms with Crippen LogP contribution in [0.2, 0.25) is 0 Å². The molecule has 0 amide bonds. The molecule has 0 aliphatic carbocycles. The number of rotatable bonds is 4. The molecule has 1 fully saturated rings. The Kier molecular flexibility index (Phi) is 4.79. The van der Waals surface area contributed by atoms with E-state index in [1.165, 1.54) is 5.57 Å². The monoisotopic (exact) mass is 206 g/mol. The van der Waals surface area contributed by atoms with Gasteiger partial charge in [0.25, 0.3) is 0 Å². The van der Waals surface area contributed by atoms with E-state index in [0.717, 1.165) is 19.6 Å². The first-order valence-corrected chi connectivity index (χ1v) is 5.58. The molecule has 0 spiro atoms. The molecular weight excluding hydrogens is 184 g/mol. The molecule has 2 heteroatoms. The van der Waals surface area contributed by atoms with Gasteiger partial charge in [-0.2, -0.15) is 0 Å². The zero-order valence-electron chi connectivity index (χ0n) is 9.87. The minimum absolute atomic E-state index is 0.580. The Bertz CT molecular complexity index is 255. The molecule has 0 aromatic rings. The van der Waals surface area contributed by atoms with Crippen LogP contribution in [0.5, 0.6) is 0 Å². The van der Waals surface area contributed by atoms with E-state index in [0.29, 0.717) is 12.1 Å². The molecule has 1 heterocycles. The van der Waals surface area contributed by atoms with Crippen LogP contribution < -0.4 is 5.32 Å². The molecule has 84 valence electrons. The lowest BCUT2D eigenvalue weighted by molar-refractivity contribution is 0.160. The molecule has 1 aliphatic rings. The second-order valence-electron chi connectivity index (χ2n) is 4.27. The zero-order valence-corrected chi connectivity index (χ0v) is 9.87. The molecule has 15 heavy (non-hydrogen) atoms. The van der Waals surface area contributed by atoms with Crippen molar-refractivity contribution in [1.29, 1.82) is 0 Å². The van der Waals surface area contributed by atoms with Crippen LogP contribution >= 0.6 is 0 Å². The molecule has 1 aliphatic heterocycles. The van der Waals surface area contributed by atoms with Gasteiger partial charge in [-0.1, -0.05) is 31.4 Å². The Balaban J connectivity index is 2.58. The topological polar surface area (TPSA) is 15.3 Å². The lowest BCUT2D eigenvalue weighted by Gasteiger charge is -2.37. The van der Waals surface area contributed by atoms with Crippen molar-refractivity contribution in [3.05, 3.63) is 37.0 Å². The summed E-state index contributed by atoms with van der Waals surface area (Å²) in [4.78, 5) is 2.48. The highest BCUT2D eigenvalue weighted by Gasteiger charge is 2.21. The van der Waals surface area contributed by atoms with Crippen LogP contribution in [-0.2, 0) is 0 Å². The molecule has 0 bridgehead atoms. The SMILES string of the molecule is C=C/C=C(\C=C)CN1CC(C)NC[C@@H]1C. The Morgan fingerprint density at radius 3 is 2.80 bits per heavy atom. The lowest BCUT2D eigenvalue weighted by Crippen LogP contribution is -2.54. The highest BCUT2D eigenvalue weighted by Crippen LogP contribution is 2.10. The van der Waals surface area contributed by atoms with Crippen molar-refractivity contribution < 1.29 is 0 Å². The summed E-state index contributed by atoms with van der Waals surface area (Å²) in [5.74, 6) is 0. The van der Waals surface area contributed by atoms with Gasteiger partial charge in [-0.15, -0.1) is 0 Å². The van der Waals surface area contributed by atoms with Gasteiger partial charge in [-0.05, 0) is 19.4 Å². The summed E-state index contributed by atoms with van der Waals surface area (Å²) in [5, 5.41) is 3.48. The summed E-state index contributed by atoms with van der Waals surface area (Å²) < 4.78 is 0. The summed E-state index contributed by atoms with van der Waals surface area (Å²) in [5.41, 5.74) is 1.24. The van der Waals surface area contributed by atoms with Crippen molar-refractivity contribution >= 4 is 0 Å². The van der Waals surface area contributed by atoms with Crippen molar-refractivity contribution in [3.63, 3.8) is 0 Å². The van der Waals surface area contributed by atoms with E-state index in [-0.39, 0.29) is 0 Å². The predicted octanol–water partition coefficient (Wildman–Crippen LogP) is 1.97. The number of piperazine rings is 1. The van der Waals surface area contributed by atoms with Gasteiger partial charge in [-0.3, -0.25) is 4.90 Å². The Labute approximate surface area is 93.4 Å². The van der Waals surface area contributed by atoms with Crippen LogP contribution in [0.15, 0.2) is 37.0 Å². The fraction of sp³-hybridized carbons (Fsp3) is 0.538.